The largest absolute Gasteiger partial charge is 0.314 e. The molecule has 2 aromatic rings. The normalized spacial score (nSPS) is 19.5. The third-order valence-electron chi connectivity index (χ3n) is 5.10. The van der Waals surface area contributed by atoms with E-state index in [-0.39, 0.29) is 11.7 Å². The molecule has 1 unspecified atom stereocenters. The first-order chi connectivity index (χ1) is 11.3. The molecule has 0 fully saturated rings. The summed E-state index contributed by atoms with van der Waals surface area (Å²) < 4.78 is 0. The summed E-state index contributed by atoms with van der Waals surface area (Å²) in [5.74, 6) is 0.164. The second-order valence-electron chi connectivity index (χ2n) is 6.96. The summed E-state index contributed by atoms with van der Waals surface area (Å²) in [7, 11) is 1.82. The molecule has 1 aliphatic rings. The number of hydrogen-bond donors (Lipinski definition) is 0. The summed E-state index contributed by atoms with van der Waals surface area (Å²) in [6.45, 7) is 6.06. The quantitative estimate of drug-likeness (QED) is 0.791. The Hall–Kier alpha value is -2.42. The number of rotatable bonds is 4. The Morgan fingerprint density at radius 1 is 1.12 bits per heavy atom. The molecular weight excluding hydrogens is 298 g/mol. The van der Waals surface area contributed by atoms with Crippen molar-refractivity contribution in [3.63, 3.8) is 0 Å². The van der Waals surface area contributed by atoms with Gasteiger partial charge in [-0.1, -0.05) is 36.4 Å². The first kappa shape index (κ1) is 16.4. The van der Waals surface area contributed by atoms with Crippen molar-refractivity contribution in [2.24, 2.45) is 0 Å². The first-order valence-electron chi connectivity index (χ1n) is 8.33. The minimum Gasteiger partial charge on any atom is -0.314 e. The van der Waals surface area contributed by atoms with E-state index in [0.29, 0.717) is 18.4 Å². The average Bonchev–Trinajstić information content (AvgIpc) is 2.75. The van der Waals surface area contributed by atoms with Crippen LogP contribution in [0.15, 0.2) is 42.5 Å². The second kappa shape index (κ2) is 5.90. The highest BCUT2D eigenvalue weighted by Gasteiger charge is 2.46. The molecule has 1 amide bonds. The number of benzene rings is 2. The third-order valence-corrected chi connectivity index (χ3v) is 5.10. The number of carbonyl (C=O) groups excluding carboxylic acids is 2. The van der Waals surface area contributed by atoms with Crippen LogP contribution in [-0.2, 0) is 10.2 Å². The summed E-state index contributed by atoms with van der Waals surface area (Å²) in [6, 6.07) is 13.5. The summed E-state index contributed by atoms with van der Waals surface area (Å²) in [5.41, 5.74) is 4.40. The molecule has 3 nitrogen and oxygen atoms in total. The Balaban J connectivity index is 1.91. The SMILES string of the molecule is Cc1cc(C)c2c(c1)N(C)C(=O)C2(C)CCC(=O)c1ccccc1. The van der Waals surface area contributed by atoms with Crippen LogP contribution in [0, 0.1) is 13.8 Å². The molecule has 2 aromatic carbocycles. The fourth-order valence-corrected chi connectivity index (χ4v) is 3.88. The highest BCUT2D eigenvalue weighted by molar-refractivity contribution is 6.08. The number of fused-ring (bicyclic) bond motifs is 1. The van der Waals surface area contributed by atoms with Crippen molar-refractivity contribution in [3.8, 4) is 0 Å². The molecule has 0 saturated carbocycles. The van der Waals surface area contributed by atoms with Crippen LogP contribution in [-0.4, -0.2) is 18.7 Å². The molecule has 1 aliphatic heterocycles. The number of aryl methyl sites for hydroxylation is 2. The van der Waals surface area contributed by atoms with E-state index in [9.17, 15) is 9.59 Å². The summed E-state index contributed by atoms with van der Waals surface area (Å²) in [4.78, 5) is 27.1. The Bertz CT molecular complexity index is 810. The highest BCUT2D eigenvalue weighted by atomic mass is 16.2. The Morgan fingerprint density at radius 3 is 2.46 bits per heavy atom. The number of anilines is 1. The second-order valence-corrected chi connectivity index (χ2v) is 6.96. The maximum absolute atomic E-state index is 12.9. The number of hydrogen-bond acceptors (Lipinski definition) is 2. The third kappa shape index (κ3) is 2.54. The fraction of sp³-hybridized carbons (Fsp3) is 0.333. The number of likely N-dealkylation sites (N-methyl/N-ethyl adjacent to an activating group) is 1. The average molecular weight is 321 g/mol. The lowest BCUT2D eigenvalue weighted by atomic mass is 9.76. The van der Waals surface area contributed by atoms with Crippen molar-refractivity contribution < 1.29 is 9.59 Å². The van der Waals surface area contributed by atoms with Crippen molar-refractivity contribution >= 4 is 17.4 Å². The molecular formula is C21H23NO2. The van der Waals surface area contributed by atoms with Gasteiger partial charge in [-0.25, -0.2) is 0 Å². The number of amides is 1. The van der Waals surface area contributed by atoms with E-state index in [1.165, 1.54) is 0 Å². The van der Waals surface area contributed by atoms with E-state index in [2.05, 4.69) is 19.1 Å². The fourth-order valence-electron chi connectivity index (χ4n) is 3.88. The van der Waals surface area contributed by atoms with Gasteiger partial charge in [-0.15, -0.1) is 0 Å². The van der Waals surface area contributed by atoms with Crippen LogP contribution in [0.3, 0.4) is 0 Å². The van der Waals surface area contributed by atoms with Gasteiger partial charge in [0.15, 0.2) is 5.78 Å². The van der Waals surface area contributed by atoms with Crippen LogP contribution >= 0.6 is 0 Å². The zero-order valence-corrected chi connectivity index (χ0v) is 14.7. The molecule has 3 rings (SSSR count). The lowest BCUT2D eigenvalue weighted by molar-refractivity contribution is -0.122. The molecule has 0 spiro atoms. The van der Waals surface area contributed by atoms with Crippen molar-refractivity contribution in [1.29, 1.82) is 0 Å². The van der Waals surface area contributed by atoms with Crippen molar-refractivity contribution in [2.75, 3.05) is 11.9 Å². The molecule has 124 valence electrons. The molecule has 0 N–H and O–H groups in total. The zero-order valence-electron chi connectivity index (χ0n) is 14.7. The lowest BCUT2D eigenvalue weighted by Gasteiger charge is -2.24. The van der Waals surface area contributed by atoms with Gasteiger partial charge >= 0.3 is 0 Å². The molecule has 0 aromatic heterocycles. The molecule has 0 aliphatic carbocycles. The predicted octanol–water partition coefficient (Wildman–Crippen LogP) is 4.20. The van der Waals surface area contributed by atoms with Crippen LogP contribution in [0.5, 0.6) is 0 Å². The van der Waals surface area contributed by atoms with Gasteiger partial charge < -0.3 is 4.90 Å². The maximum atomic E-state index is 12.9. The van der Waals surface area contributed by atoms with E-state index in [1.54, 1.807) is 4.90 Å². The standard InChI is InChI=1S/C21H23NO2/c1-14-12-15(2)19-17(13-14)22(4)20(24)21(19,3)11-10-18(23)16-8-6-5-7-9-16/h5-9,12-13H,10-11H2,1-4H3. The molecule has 1 heterocycles. The van der Waals surface area contributed by atoms with E-state index in [0.717, 1.165) is 22.4 Å². The van der Waals surface area contributed by atoms with Gasteiger partial charge in [0.25, 0.3) is 0 Å². The van der Waals surface area contributed by atoms with Crippen LogP contribution in [0.1, 0.15) is 46.8 Å². The van der Waals surface area contributed by atoms with Gasteiger partial charge in [0.1, 0.15) is 0 Å². The molecule has 24 heavy (non-hydrogen) atoms. The minimum atomic E-state index is -0.633. The highest BCUT2D eigenvalue weighted by Crippen LogP contribution is 2.46. The number of ketones is 1. The van der Waals surface area contributed by atoms with E-state index in [1.807, 2.05) is 51.2 Å². The molecule has 0 bridgehead atoms. The topological polar surface area (TPSA) is 37.4 Å². The predicted molar refractivity (Wildman–Crippen MR) is 96.7 cm³/mol. The lowest BCUT2D eigenvalue weighted by Crippen LogP contribution is -2.36. The summed E-state index contributed by atoms with van der Waals surface area (Å²) >= 11 is 0. The van der Waals surface area contributed by atoms with Crippen LogP contribution in [0.4, 0.5) is 5.69 Å². The number of nitrogens with zero attached hydrogens (tertiary/aromatic N) is 1. The minimum absolute atomic E-state index is 0.0760. The smallest absolute Gasteiger partial charge is 0.237 e. The molecule has 3 heteroatoms. The van der Waals surface area contributed by atoms with Crippen LogP contribution in [0.25, 0.3) is 0 Å². The maximum Gasteiger partial charge on any atom is 0.237 e. The van der Waals surface area contributed by atoms with E-state index < -0.39 is 5.41 Å². The monoisotopic (exact) mass is 321 g/mol. The summed E-state index contributed by atoms with van der Waals surface area (Å²) in [5, 5.41) is 0. The first-order valence-corrected chi connectivity index (χ1v) is 8.33. The van der Waals surface area contributed by atoms with Crippen LogP contribution in [0.2, 0.25) is 0 Å². The number of Topliss-reactive ketones (excluding diaryl/α,β-unsaturated/α-hetero) is 1. The molecule has 0 radical (unpaired) electrons. The molecule has 0 saturated heterocycles. The van der Waals surface area contributed by atoms with Gasteiger partial charge in [-0.3, -0.25) is 9.59 Å². The van der Waals surface area contributed by atoms with Crippen LogP contribution < -0.4 is 4.90 Å². The van der Waals surface area contributed by atoms with E-state index >= 15 is 0 Å². The Morgan fingerprint density at radius 2 is 1.79 bits per heavy atom. The van der Waals surface area contributed by atoms with Gasteiger partial charge in [0.2, 0.25) is 5.91 Å². The molecule has 1 atom stereocenters. The zero-order chi connectivity index (χ0) is 17.5. The van der Waals surface area contributed by atoms with Crippen molar-refractivity contribution in [3.05, 3.63) is 64.7 Å². The van der Waals surface area contributed by atoms with E-state index in [4.69, 9.17) is 0 Å². The van der Waals surface area contributed by atoms with Gasteiger partial charge in [-0.2, -0.15) is 0 Å². The Kier molecular flexibility index (Phi) is 4.04. The van der Waals surface area contributed by atoms with Crippen molar-refractivity contribution in [1.82, 2.24) is 0 Å². The van der Waals surface area contributed by atoms with Gasteiger partial charge in [0, 0.05) is 24.7 Å². The van der Waals surface area contributed by atoms with Gasteiger partial charge in [0.05, 0.1) is 5.41 Å². The number of carbonyl (C=O) groups is 2. The Labute approximate surface area is 143 Å². The van der Waals surface area contributed by atoms with Gasteiger partial charge in [-0.05, 0) is 49.9 Å². The van der Waals surface area contributed by atoms with Crippen molar-refractivity contribution in [2.45, 2.75) is 39.0 Å². The summed E-state index contributed by atoms with van der Waals surface area (Å²) in [6.07, 6.45) is 0.896.